The molecule has 0 aliphatic heterocycles. The molecule has 3 aromatic rings. The highest BCUT2D eigenvalue weighted by Gasteiger charge is 2.31. The molecule has 1 fully saturated rings. The van der Waals surface area contributed by atoms with Gasteiger partial charge in [-0.1, -0.05) is 25.0 Å². The molecule has 196 valence electrons. The van der Waals surface area contributed by atoms with Crippen molar-refractivity contribution in [2.75, 3.05) is 5.32 Å². The highest BCUT2D eigenvalue weighted by Crippen LogP contribution is 2.30. The lowest BCUT2D eigenvalue weighted by atomic mass is 9.90. The quantitative estimate of drug-likeness (QED) is 0.336. The smallest absolute Gasteiger partial charge is 0.416 e. The molecule has 0 bridgehead atoms. The molecule has 2 atom stereocenters. The van der Waals surface area contributed by atoms with E-state index in [1.54, 1.807) is 17.5 Å². The van der Waals surface area contributed by atoms with Crippen LogP contribution in [0.4, 0.5) is 28.0 Å². The van der Waals surface area contributed by atoms with Crippen LogP contribution in [0.15, 0.2) is 53.9 Å². The van der Waals surface area contributed by atoms with Gasteiger partial charge in [0.1, 0.15) is 17.3 Å². The van der Waals surface area contributed by atoms with Gasteiger partial charge in [-0.2, -0.15) is 13.2 Å². The van der Waals surface area contributed by atoms with Gasteiger partial charge >= 0.3 is 12.2 Å². The number of alkyl halides is 3. The summed E-state index contributed by atoms with van der Waals surface area (Å²) in [6.07, 6.45) is -1.47. The van der Waals surface area contributed by atoms with Crippen molar-refractivity contribution < 1.29 is 31.9 Å². The summed E-state index contributed by atoms with van der Waals surface area (Å²) in [7, 11) is 0. The van der Waals surface area contributed by atoms with E-state index < -0.39 is 29.5 Å². The van der Waals surface area contributed by atoms with Gasteiger partial charge in [0, 0.05) is 17.1 Å². The topological polar surface area (TPSA) is 92.4 Å². The van der Waals surface area contributed by atoms with E-state index in [9.17, 15) is 27.2 Å². The molecule has 0 unspecified atom stereocenters. The number of carbonyl (C=O) groups excluding carboxylic acids is 2. The van der Waals surface area contributed by atoms with Crippen molar-refractivity contribution in [3.05, 3.63) is 76.0 Å². The van der Waals surface area contributed by atoms with E-state index >= 15 is 0 Å². The Morgan fingerprint density at radius 2 is 1.68 bits per heavy atom. The largest absolute Gasteiger partial charge is 0.483 e. The van der Waals surface area contributed by atoms with Crippen LogP contribution in [0.5, 0.6) is 5.75 Å². The Balaban J connectivity index is 1.31. The van der Waals surface area contributed by atoms with E-state index in [-0.39, 0.29) is 35.8 Å². The van der Waals surface area contributed by atoms with Gasteiger partial charge in [0.25, 0.3) is 5.91 Å². The zero-order chi connectivity index (χ0) is 26.4. The van der Waals surface area contributed by atoms with Gasteiger partial charge in [-0.15, -0.1) is 11.3 Å². The molecule has 12 heteroatoms. The first-order chi connectivity index (χ1) is 17.7. The Labute approximate surface area is 214 Å². The van der Waals surface area contributed by atoms with Crippen molar-refractivity contribution in [1.29, 1.82) is 0 Å². The lowest BCUT2D eigenvalue weighted by Gasteiger charge is -2.32. The van der Waals surface area contributed by atoms with Gasteiger partial charge in [0.15, 0.2) is 11.6 Å². The fourth-order valence-corrected chi connectivity index (χ4v) is 4.67. The molecule has 1 aromatic heterocycles. The van der Waals surface area contributed by atoms with E-state index in [1.165, 1.54) is 35.6 Å². The van der Waals surface area contributed by atoms with E-state index in [0.717, 1.165) is 25.0 Å². The highest BCUT2D eigenvalue weighted by molar-refractivity contribution is 7.09. The molecule has 3 amide bonds. The summed E-state index contributed by atoms with van der Waals surface area (Å²) in [5.41, 5.74) is -0.400. The number of para-hydroxylation sites is 1. The van der Waals surface area contributed by atoms with Crippen LogP contribution in [0.2, 0.25) is 0 Å². The maximum Gasteiger partial charge on any atom is 0.416 e. The van der Waals surface area contributed by atoms with Crippen LogP contribution in [0.3, 0.4) is 0 Å². The SMILES string of the molecule is O=C(Nc1ccc(C(F)(F)F)cc1)N[C@H]1CCCC[C@H]1NC(=O)c1csc(COc2ccccc2F)n1. The zero-order valence-corrected chi connectivity index (χ0v) is 20.3. The van der Waals surface area contributed by atoms with Gasteiger partial charge in [0.2, 0.25) is 0 Å². The average molecular weight is 537 g/mol. The third-order valence-corrected chi connectivity index (χ3v) is 6.66. The molecule has 7 nitrogen and oxygen atoms in total. The predicted octanol–water partition coefficient (Wildman–Crippen LogP) is 5.74. The van der Waals surface area contributed by atoms with E-state index in [4.69, 9.17) is 4.74 Å². The molecule has 37 heavy (non-hydrogen) atoms. The van der Waals surface area contributed by atoms with Crippen LogP contribution in [0.25, 0.3) is 0 Å². The van der Waals surface area contributed by atoms with Crippen molar-refractivity contribution in [1.82, 2.24) is 15.6 Å². The second-order valence-electron chi connectivity index (χ2n) is 8.49. The summed E-state index contributed by atoms with van der Waals surface area (Å²) in [6, 6.07) is 8.84. The minimum atomic E-state index is -4.46. The minimum Gasteiger partial charge on any atom is -0.483 e. The van der Waals surface area contributed by atoms with Crippen LogP contribution < -0.4 is 20.7 Å². The summed E-state index contributed by atoms with van der Waals surface area (Å²) in [6.45, 7) is 0.0105. The molecule has 1 aliphatic carbocycles. The maximum atomic E-state index is 13.7. The number of rotatable bonds is 7. The third-order valence-electron chi connectivity index (χ3n) is 5.84. The van der Waals surface area contributed by atoms with E-state index in [2.05, 4.69) is 20.9 Å². The first-order valence-electron chi connectivity index (χ1n) is 11.6. The Hall–Kier alpha value is -3.67. The molecule has 0 spiro atoms. The minimum absolute atomic E-state index is 0.0105. The van der Waals surface area contributed by atoms with Crippen LogP contribution >= 0.6 is 11.3 Å². The highest BCUT2D eigenvalue weighted by atomic mass is 32.1. The Morgan fingerprint density at radius 1 is 1.00 bits per heavy atom. The zero-order valence-electron chi connectivity index (χ0n) is 19.5. The number of hydrogen-bond donors (Lipinski definition) is 3. The standard InChI is InChI=1S/C25H24F4N4O3S/c26-17-5-1-4-8-21(17)36-13-22-31-20(14-37-22)23(34)32-18-6-2-3-7-19(18)33-24(35)30-16-11-9-15(10-12-16)25(27,28)29/h1,4-5,8-12,14,18-19H,2-3,6-7,13H2,(H,32,34)(H2,30,33,35)/t18-,19+/m1/s1. The third kappa shape index (κ3) is 7.19. The molecule has 0 saturated heterocycles. The van der Waals surface area contributed by atoms with Crippen LogP contribution in [-0.4, -0.2) is 29.0 Å². The second kappa shape index (κ2) is 11.6. The number of aromatic nitrogens is 1. The number of carbonyl (C=O) groups is 2. The summed E-state index contributed by atoms with van der Waals surface area (Å²) < 4.78 is 57.3. The van der Waals surface area contributed by atoms with Gasteiger partial charge in [-0.3, -0.25) is 4.79 Å². The monoisotopic (exact) mass is 536 g/mol. The van der Waals surface area contributed by atoms with Crippen molar-refractivity contribution >= 4 is 29.0 Å². The molecular weight excluding hydrogens is 512 g/mol. The fourth-order valence-electron chi connectivity index (χ4n) is 3.98. The van der Waals surface area contributed by atoms with Crippen LogP contribution in [-0.2, 0) is 12.8 Å². The number of benzene rings is 2. The maximum absolute atomic E-state index is 13.7. The molecule has 1 saturated carbocycles. The Morgan fingerprint density at radius 3 is 2.35 bits per heavy atom. The normalized spacial score (nSPS) is 17.6. The number of ether oxygens (including phenoxy) is 1. The number of anilines is 1. The van der Waals surface area contributed by atoms with Crippen molar-refractivity contribution in [3.63, 3.8) is 0 Å². The van der Waals surface area contributed by atoms with E-state index in [0.29, 0.717) is 17.8 Å². The Bertz CT molecular complexity index is 1230. The van der Waals surface area contributed by atoms with Crippen LogP contribution in [0.1, 0.15) is 46.7 Å². The van der Waals surface area contributed by atoms with Crippen molar-refractivity contribution in [2.24, 2.45) is 0 Å². The van der Waals surface area contributed by atoms with Crippen molar-refractivity contribution in [3.8, 4) is 5.75 Å². The lowest BCUT2D eigenvalue weighted by Crippen LogP contribution is -2.54. The number of urea groups is 1. The number of nitrogens with zero attached hydrogens (tertiary/aromatic N) is 1. The van der Waals surface area contributed by atoms with Crippen molar-refractivity contribution in [2.45, 2.75) is 50.6 Å². The number of hydrogen-bond acceptors (Lipinski definition) is 5. The van der Waals surface area contributed by atoms with Gasteiger partial charge in [-0.25, -0.2) is 14.2 Å². The summed E-state index contributed by atoms with van der Waals surface area (Å²) >= 11 is 1.21. The van der Waals surface area contributed by atoms with Gasteiger partial charge < -0.3 is 20.7 Å². The molecule has 1 aliphatic rings. The molecule has 2 aromatic carbocycles. The summed E-state index contributed by atoms with van der Waals surface area (Å²) in [5, 5.41) is 10.3. The van der Waals surface area contributed by atoms with Gasteiger partial charge in [0.05, 0.1) is 11.6 Å². The van der Waals surface area contributed by atoms with E-state index in [1.807, 2.05) is 0 Å². The summed E-state index contributed by atoms with van der Waals surface area (Å²) in [4.78, 5) is 29.5. The first kappa shape index (κ1) is 26.4. The summed E-state index contributed by atoms with van der Waals surface area (Å²) in [5.74, 6) is -0.806. The molecule has 4 rings (SSSR count). The molecular formula is C25H24F4N4O3S. The lowest BCUT2D eigenvalue weighted by molar-refractivity contribution is -0.137. The number of nitrogens with one attached hydrogen (secondary N) is 3. The molecule has 1 heterocycles. The Kier molecular flexibility index (Phi) is 8.27. The second-order valence-corrected chi connectivity index (χ2v) is 9.43. The number of amides is 3. The predicted molar refractivity (Wildman–Crippen MR) is 130 cm³/mol. The first-order valence-corrected chi connectivity index (χ1v) is 12.4. The molecule has 0 radical (unpaired) electrons. The molecule has 3 N–H and O–H groups in total. The van der Waals surface area contributed by atoms with Gasteiger partial charge in [-0.05, 0) is 49.2 Å². The average Bonchev–Trinajstić information content (AvgIpc) is 3.34. The number of thiazole rings is 1. The number of halogens is 4. The fraction of sp³-hybridized carbons (Fsp3) is 0.320. The van der Waals surface area contributed by atoms with Crippen LogP contribution in [0, 0.1) is 5.82 Å².